The van der Waals surface area contributed by atoms with Crippen molar-refractivity contribution in [3.8, 4) is 5.75 Å². The molecule has 0 aromatic heterocycles. The first-order valence-corrected chi connectivity index (χ1v) is 32.5. The van der Waals surface area contributed by atoms with Gasteiger partial charge in [0, 0.05) is 94.6 Å². The smallest absolute Gasteiger partial charge is 0.416 e. The van der Waals surface area contributed by atoms with Crippen LogP contribution >= 0.6 is 11.6 Å². The summed E-state index contributed by atoms with van der Waals surface area (Å²) in [5.41, 5.74) is 7.10. The molecule has 24 nitrogen and oxygen atoms in total. The molecule has 9 rings (SSSR count). The van der Waals surface area contributed by atoms with E-state index in [1.165, 1.54) is 24.2 Å². The molecule has 488 valence electrons. The predicted molar refractivity (Wildman–Crippen MR) is 334 cm³/mol. The van der Waals surface area contributed by atoms with E-state index in [1.54, 1.807) is 47.2 Å². The zero-order valence-electron chi connectivity index (χ0n) is 51.6. The molecule has 3 fully saturated rings. The zero-order chi connectivity index (χ0) is 63.9. The van der Waals surface area contributed by atoms with Crippen molar-refractivity contribution in [1.29, 1.82) is 0 Å². The Morgan fingerprint density at radius 3 is 2.34 bits per heavy atom. The van der Waals surface area contributed by atoms with Crippen molar-refractivity contribution in [2.45, 2.75) is 158 Å². The molecule has 4 aliphatic heterocycles. The van der Waals surface area contributed by atoms with Crippen molar-refractivity contribution < 1.29 is 67.2 Å². The van der Waals surface area contributed by atoms with Crippen molar-refractivity contribution >= 4 is 83.0 Å². The quantitative estimate of drug-likeness (QED) is 0.0252. The van der Waals surface area contributed by atoms with E-state index in [0.717, 1.165) is 33.7 Å². The minimum absolute atomic E-state index is 0.0728. The maximum Gasteiger partial charge on any atom is 0.416 e. The molecule has 8 aliphatic rings. The van der Waals surface area contributed by atoms with Crippen molar-refractivity contribution in [3.63, 3.8) is 0 Å². The Kier molecular flexibility index (Phi) is 23.7. The van der Waals surface area contributed by atoms with Crippen LogP contribution in [-0.2, 0) is 47.8 Å². The van der Waals surface area contributed by atoms with Gasteiger partial charge in [-0.25, -0.2) is 14.5 Å². The highest BCUT2D eigenvalue weighted by molar-refractivity contribution is 6.18. The van der Waals surface area contributed by atoms with Crippen LogP contribution in [0.5, 0.6) is 5.75 Å². The SMILES string of the molecule is CNCCNC(=O)Oc1cc2c(c3c1=CCCC=3)C(CCl)CN2C(=O)CCCCCOC1C=C2C(=CC1OC)C(=O)N1CCCC1C(O)N2C(=O)OCC1=CCC(NC(=O)C(CCCCN)NC(=O)C2(C(=O)NCCCCCN3C(=O)C=CC3=O)CCC2)C=C1. The summed E-state index contributed by atoms with van der Waals surface area (Å²) in [5, 5.41) is 28.3. The van der Waals surface area contributed by atoms with Crippen molar-refractivity contribution in [1.82, 2.24) is 41.3 Å². The van der Waals surface area contributed by atoms with Crippen molar-refractivity contribution in [2.24, 2.45) is 11.1 Å². The van der Waals surface area contributed by atoms with Gasteiger partial charge in [0.25, 0.3) is 17.7 Å². The lowest BCUT2D eigenvalue weighted by molar-refractivity contribution is -0.151. The topological polar surface area (TPSA) is 310 Å². The Morgan fingerprint density at radius 2 is 1.63 bits per heavy atom. The number of fused-ring (bicyclic) bond motifs is 5. The summed E-state index contributed by atoms with van der Waals surface area (Å²) in [6.45, 7) is 2.83. The number of rotatable bonds is 30. The molecule has 1 aromatic carbocycles. The molecule has 0 spiro atoms. The third-order valence-corrected chi connectivity index (χ3v) is 18.5. The third-order valence-electron chi connectivity index (χ3n) is 18.2. The Balaban J connectivity index is 0.769. The number of aliphatic hydroxyl groups excluding tert-OH is 1. The molecule has 90 heavy (non-hydrogen) atoms. The average Bonchev–Trinajstić information content (AvgIpc) is 1.56. The minimum Gasteiger partial charge on any atom is -0.444 e. The van der Waals surface area contributed by atoms with Crippen LogP contribution in [-0.4, -0.2) is 189 Å². The van der Waals surface area contributed by atoms with E-state index < -0.39 is 71.9 Å². The number of carbonyl (C=O) groups is 9. The first kappa shape index (κ1) is 67.2. The van der Waals surface area contributed by atoms with E-state index in [4.69, 9.17) is 36.3 Å². The maximum atomic E-state index is 14.3. The summed E-state index contributed by atoms with van der Waals surface area (Å²) in [6, 6.07) is -0.325. The molecular weight excluding hydrogens is 1180 g/mol. The molecule has 1 aromatic rings. The number of methoxy groups -OCH3 is 1. The van der Waals surface area contributed by atoms with Crippen LogP contribution in [0, 0.1) is 5.41 Å². The van der Waals surface area contributed by atoms with Crippen LogP contribution in [0.25, 0.3) is 12.2 Å². The molecule has 9 amide bonds. The number of halogens is 1. The highest BCUT2D eigenvalue weighted by Gasteiger charge is 2.52. The molecule has 0 radical (unpaired) electrons. The number of alkyl halides is 1. The van der Waals surface area contributed by atoms with E-state index in [2.05, 4.69) is 38.7 Å². The molecule has 0 bridgehead atoms. The Labute approximate surface area is 529 Å². The average molecular weight is 1270 g/mol. The van der Waals surface area contributed by atoms with E-state index in [9.17, 15) is 48.3 Å². The lowest BCUT2D eigenvalue weighted by Gasteiger charge is -2.39. The van der Waals surface area contributed by atoms with E-state index >= 15 is 0 Å². The molecule has 4 aliphatic carbocycles. The van der Waals surface area contributed by atoms with Crippen LogP contribution in [0.4, 0.5) is 15.3 Å². The standard InChI is InChI=1S/C65H87ClN10O14/c1-68-30-31-70-63(85)90-51-37-50-57(45-16-7-6-15-44(45)51)42(38-66)39-75(50)54(77)19-5-3-12-34-88-53-36-49-46(35-52(53)87-2)59(81)73-33-13-18-48(73)60(82)76(49)64(86)89-40-41-20-22-43(23-21-41)71-58(80)47(17-8-9-28-67)72-62(84)65(26-14-27-65)61(83)69-29-10-4-11-32-74-55(78)24-25-56(74)79/h15-16,20-22,24-25,35-37,42-43,47-48,52-53,60,68,82H,3-14,17-19,23,26-34,38-40,67H2,1-2H3,(H,69,83)(H,70,85)(H,71,80)(H,72,84). The Bertz CT molecular complexity index is 3160. The number of nitrogens with one attached hydrogen (secondary N) is 5. The fourth-order valence-electron chi connectivity index (χ4n) is 13.0. The highest BCUT2D eigenvalue weighted by Crippen LogP contribution is 2.42. The summed E-state index contributed by atoms with van der Waals surface area (Å²) in [7, 11) is 3.30. The number of anilines is 1. The normalized spacial score (nSPS) is 23.1. The fraction of sp³-hybridized carbons (Fsp3) is 0.585. The number of nitrogens with zero attached hydrogens (tertiary/aromatic N) is 4. The second-order valence-electron chi connectivity index (χ2n) is 24.1. The lowest BCUT2D eigenvalue weighted by atomic mass is 9.67. The van der Waals surface area contributed by atoms with Gasteiger partial charge < -0.3 is 66.2 Å². The van der Waals surface area contributed by atoms with E-state index in [-0.39, 0.29) is 60.5 Å². The highest BCUT2D eigenvalue weighted by atomic mass is 35.5. The van der Waals surface area contributed by atoms with Crippen LogP contribution in [0.15, 0.2) is 65.4 Å². The van der Waals surface area contributed by atoms with Gasteiger partial charge in [-0.1, -0.05) is 43.2 Å². The maximum absolute atomic E-state index is 14.3. The number of unbranched alkanes of at least 4 members (excludes halogenated alkanes) is 5. The minimum atomic E-state index is -1.45. The largest absolute Gasteiger partial charge is 0.444 e. The zero-order valence-corrected chi connectivity index (χ0v) is 52.4. The van der Waals surface area contributed by atoms with Gasteiger partial charge in [0.05, 0.1) is 29.0 Å². The van der Waals surface area contributed by atoms with E-state index in [0.29, 0.717) is 165 Å². The third kappa shape index (κ3) is 15.6. The number of carbonyl (C=O) groups excluding carboxylic acids is 9. The number of benzene rings is 1. The fourth-order valence-corrected chi connectivity index (χ4v) is 13.2. The molecule has 7 unspecified atom stereocenters. The number of imide groups is 1. The summed E-state index contributed by atoms with van der Waals surface area (Å²) in [4.78, 5) is 126. The number of hydrogen-bond donors (Lipinski definition) is 7. The summed E-state index contributed by atoms with van der Waals surface area (Å²) in [5.74, 6) is -1.81. The lowest BCUT2D eigenvalue weighted by Crippen LogP contribution is -2.59. The molecule has 8 N–H and O–H groups in total. The van der Waals surface area contributed by atoms with Gasteiger partial charge in [0.2, 0.25) is 23.6 Å². The summed E-state index contributed by atoms with van der Waals surface area (Å²) in [6.07, 6.45) is 20.6. The second kappa shape index (κ2) is 31.7. The van der Waals surface area contributed by atoms with Gasteiger partial charge >= 0.3 is 12.2 Å². The monoisotopic (exact) mass is 1270 g/mol. The van der Waals surface area contributed by atoms with Crippen molar-refractivity contribution in [2.75, 3.05) is 84.0 Å². The van der Waals surface area contributed by atoms with Gasteiger partial charge in [-0.2, -0.15) is 0 Å². The predicted octanol–water partition coefficient (Wildman–Crippen LogP) is 2.93. The number of ether oxygens (including phenoxy) is 4. The Hall–Kier alpha value is -7.22. The number of aliphatic hydroxyl groups is 1. The number of amides is 9. The van der Waals surface area contributed by atoms with Gasteiger partial charge in [0.1, 0.15) is 36.0 Å². The van der Waals surface area contributed by atoms with Crippen LogP contribution in [0.2, 0.25) is 0 Å². The molecule has 25 heteroatoms. The molecule has 4 heterocycles. The van der Waals surface area contributed by atoms with Gasteiger partial charge in [0.15, 0.2) is 6.23 Å². The second-order valence-corrected chi connectivity index (χ2v) is 24.4. The number of likely N-dealkylation sites (N-methyl/N-ethyl adjacent to an activating group) is 1. The molecular formula is C65H87ClN10O14. The van der Waals surface area contributed by atoms with Crippen LogP contribution < -0.4 is 52.4 Å². The summed E-state index contributed by atoms with van der Waals surface area (Å²) >= 11 is 6.53. The van der Waals surface area contributed by atoms with Crippen LogP contribution in [0.1, 0.15) is 127 Å². The Morgan fingerprint density at radius 1 is 0.856 bits per heavy atom. The van der Waals surface area contributed by atoms with Gasteiger partial charge in [-0.15, -0.1) is 11.6 Å². The first-order chi connectivity index (χ1) is 43.6. The molecule has 2 saturated heterocycles. The van der Waals surface area contributed by atoms with Crippen LogP contribution in [0.3, 0.4) is 0 Å². The number of nitrogens with two attached hydrogens (primary N) is 1. The van der Waals surface area contributed by atoms with E-state index in [1.807, 2.05) is 6.08 Å². The number of hydrogen-bond acceptors (Lipinski definition) is 16. The van der Waals surface area contributed by atoms with Gasteiger partial charge in [-0.3, -0.25) is 38.5 Å². The first-order valence-electron chi connectivity index (χ1n) is 32.0. The summed E-state index contributed by atoms with van der Waals surface area (Å²) < 4.78 is 24.0. The molecule has 7 atom stereocenters. The van der Waals surface area contributed by atoms with Gasteiger partial charge in [-0.05, 0) is 138 Å². The molecule has 1 saturated carbocycles. The van der Waals surface area contributed by atoms with Crippen molar-refractivity contribution in [3.05, 3.63) is 81.4 Å².